The fourth-order valence-electron chi connectivity index (χ4n) is 2.18. The summed E-state index contributed by atoms with van der Waals surface area (Å²) in [6.45, 7) is 4.09. The zero-order valence-electron chi connectivity index (χ0n) is 10.7. The molecule has 1 heterocycles. The van der Waals surface area contributed by atoms with E-state index in [2.05, 4.69) is 33.0 Å². The topological polar surface area (TPSA) is 47.3 Å². The number of hydrogen-bond donors (Lipinski definition) is 0. The Morgan fingerprint density at radius 2 is 1.84 bits per heavy atom. The third kappa shape index (κ3) is 4.05. The first-order valence-electron chi connectivity index (χ1n) is 6.30. The predicted octanol–water partition coefficient (Wildman–Crippen LogP) is 2.01. The molecule has 0 bridgehead atoms. The third-order valence-corrected chi connectivity index (χ3v) is 3.80. The van der Waals surface area contributed by atoms with Crippen molar-refractivity contribution in [3.05, 3.63) is 34.3 Å². The highest BCUT2D eigenvalue weighted by molar-refractivity contribution is 9.10. The molecule has 1 aliphatic rings. The number of nitriles is 1. The van der Waals surface area contributed by atoms with Crippen molar-refractivity contribution in [2.75, 3.05) is 26.2 Å². The molecule has 0 N–H and O–H groups in total. The monoisotopic (exact) mass is 321 g/mol. The maximum absolute atomic E-state index is 11.6. The van der Waals surface area contributed by atoms with Crippen molar-refractivity contribution < 1.29 is 4.79 Å². The zero-order chi connectivity index (χ0) is 13.7. The van der Waals surface area contributed by atoms with Gasteiger partial charge in [-0.05, 0) is 17.7 Å². The van der Waals surface area contributed by atoms with Gasteiger partial charge in [-0.3, -0.25) is 9.69 Å². The average molecular weight is 322 g/mol. The molecule has 1 fully saturated rings. The Balaban J connectivity index is 1.82. The van der Waals surface area contributed by atoms with E-state index in [9.17, 15) is 4.79 Å². The standard InChI is InChI=1S/C14H16BrN3O/c15-13-3-1-12(2-4-13)11-17-7-9-18(10-8-17)14(19)5-6-16/h1-4H,5,7-11H2. The van der Waals surface area contributed by atoms with E-state index >= 15 is 0 Å². The number of halogens is 1. The average Bonchev–Trinajstić information content (AvgIpc) is 2.42. The summed E-state index contributed by atoms with van der Waals surface area (Å²) in [6, 6.07) is 10.2. The van der Waals surface area contributed by atoms with Crippen LogP contribution in [0, 0.1) is 11.3 Å². The molecular weight excluding hydrogens is 306 g/mol. The summed E-state index contributed by atoms with van der Waals surface area (Å²) in [5.74, 6) is -0.0502. The Labute approximate surface area is 121 Å². The van der Waals surface area contributed by atoms with Crippen LogP contribution in [0.15, 0.2) is 28.7 Å². The zero-order valence-corrected chi connectivity index (χ0v) is 12.3. The number of carbonyl (C=O) groups is 1. The van der Waals surface area contributed by atoms with E-state index in [1.807, 2.05) is 18.2 Å². The lowest BCUT2D eigenvalue weighted by atomic mass is 10.2. The summed E-state index contributed by atoms with van der Waals surface area (Å²) >= 11 is 3.43. The van der Waals surface area contributed by atoms with Gasteiger partial charge in [0.25, 0.3) is 0 Å². The highest BCUT2D eigenvalue weighted by atomic mass is 79.9. The molecule has 2 rings (SSSR count). The Kier molecular flexibility index (Phi) is 4.94. The van der Waals surface area contributed by atoms with Crippen molar-refractivity contribution in [3.8, 4) is 6.07 Å². The first-order chi connectivity index (χ1) is 9.19. The number of hydrogen-bond acceptors (Lipinski definition) is 3. The van der Waals surface area contributed by atoms with Crippen LogP contribution in [0.25, 0.3) is 0 Å². The molecule has 4 nitrogen and oxygen atoms in total. The molecule has 0 aromatic heterocycles. The van der Waals surface area contributed by atoms with Crippen LogP contribution in [0.2, 0.25) is 0 Å². The van der Waals surface area contributed by atoms with Gasteiger partial charge in [0.1, 0.15) is 6.42 Å². The molecule has 0 atom stereocenters. The fourth-order valence-corrected chi connectivity index (χ4v) is 2.45. The van der Waals surface area contributed by atoms with E-state index in [4.69, 9.17) is 5.26 Å². The van der Waals surface area contributed by atoms with Crippen LogP contribution >= 0.6 is 15.9 Å². The lowest BCUT2D eigenvalue weighted by Crippen LogP contribution is -2.48. The van der Waals surface area contributed by atoms with Crippen molar-refractivity contribution >= 4 is 21.8 Å². The van der Waals surface area contributed by atoms with E-state index in [0.717, 1.165) is 37.2 Å². The predicted molar refractivity (Wildman–Crippen MR) is 76.2 cm³/mol. The van der Waals surface area contributed by atoms with Gasteiger partial charge in [0.15, 0.2) is 0 Å². The quantitative estimate of drug-likeness (QED) is 0.855. The number of rotatable bonds is 3. The molecule has 19 heavy (non-hydrogen) atoms. The Morgan fingerprint density at radius 3 is 2.42 bits per heavy atom. The lowest BCUT2D eigenvalue weighted by molar-refractivity contribution is -0.131. The molecule has 1 aromatic carbocycles. The van der Waals surface area contributed by atoms with Gasteiger partial charge in [0, 0.05) is 37.2 Å². The highest BCUT2D eigenvalue weighted by Crippen LogP contribution is 2.13. The molecule has 0 spiro atoms. The van der Waals surface area contributed by atoms with Crippen LogP contribution in [0.3, 0.4) is 0 Å². The Morgan fingerprint density at radius 1 is 1.21 bits per heavy atom. The molecule has 0 unspecified atom stereocenters. The fraction of sp³-hybridized carbons (Fsp3) is 0.429. The van der Waals surface area contributed by atoms with E-state index in [-0.39, 0.29) is 12.3 Å². The van der Waals surface area contributed by atoms with Gasteiger partial charge < -0.3 is 4.90 Å². The van der Waals surface area contributed by atoms with Crippen molar-refractivity contribution in [2.45, 2.75) is 13.0 Å². The molecule has 0 radical (unpaired) electrons. The second kappa shape index (κ2) is 6.69. The maximum Gasteiger partial charge on any atom is 0.236 e. The van der Waals surface area contributed by atoms with Gasteiger partial charge in [0.2, 0.25) is 5.91 Å². The van der Waals surface area contributed by atoms with Crippen molar-refractivity contribution in [1.82, 2.24) is 9.80 Å². The minimum absolute atomic E-state index is 0.00723. The van der Waals surface area contributed by atoms with Gasteiger partial charge in [-0.2, -0.15) is 5.26 Å². The second-order valence-electron chi connectivity index (χ2n) is 4.62. The SMILES string of the molecule is N#CCC(=O)N1CCN(Cc2ccc(Br)cc2)CC1. The van der Waals surface area contributed by atoms with Crippen LogP contribution in [0.5, 0.6) is 0 Å². The number of carbonyl (C=O) groups excluding carboxylic acids is 1. The van der Waals surface area contributed by atoms with Crippen molar-refractivity contribution in [1.29, 1.82) is 5.26 Å². The highest BCUT2D eigenvalue weighted by Gasteiger charge is 2.20. The molecule has 0 aliphatic carbocycles. The molecule has 1 amide bonds. The van der Waals surface area contributed by atoms with Gasteiger partial charge in [-0.15, -0.1) is 0 Å². The van der Waals surface area contributed by atoms with Gasteiger partial charge in [-0.25, -0.2) is 0 Å². The third-order valence-electron chi connectivity index (χ3n) is 3.27. The number of benzene rings is 1. The summed E-state index contributed by atoms with van der Waals surface area (Å²) in [5, 5.41) is 8.52. The summed E-state index contributed by atoms with van der Waals surface area (Å²) in [5.41, 5.74) is 1.28. The largest absolute Gasteiger partial charge is 0.339 e. The van der Waals surface area contributed by atoms with Crippen LogP contribution in [-0.2, 0) is 11.3 Å². The van der Waals surface area contributed by atoms with Gasteiger partial charge >= 0.3 is 0 Å². The van der Waals surface area contributed by atoms with E-state index < -0.39 is 0 Å². The summed E-state index contributed by atoms with van der Waals surface area (Å²) < 4.78 is 1.09. The van der Waals surface area contributed by atoms with Crippen LogP contribution in [0.4, 0.5) is 0 Å². The smallest absolute Gasteiger partial charge is 0.236 e. The Bertz CT molecular complexity index is 472. The molecule has 1 saturated heterocycles. The van der Waals surface area contributed by atoms with Crippen LogP contribution < -0.4 is 0 Å². The first-order valence-corrected chi connectivity index (χ1v) is 7.10. The van der Waals surface area contributed by atoms with E-state index in [1.165, 1.54) is 5.56 Å². The lowest BCUT2D eigenvalue weighted by Gasteiger charge is -2.34. The molecule has 100 valence electrons. The number of piperazine rings is 1. The summed E-state index contributed by atoms with van der Waals surface area (Å²) in [6.07, 6.45) is -0.00723. The number of amides is 1. The summed E-state index contributed by atoms with van der Waals surface area (Å²) in [7, 11) is 0. The van der Waals surface area contributed by atoms with Crippen molar-refractivity contribution in [2.24, 2.45) is 0 Å². The molecule has 0 saturated carbocycles. The normalized spacial score (nSPS) is 16.1. The minimum Gasteiger partial charge on any atom is -0.339 e. The summed E-state index contributed by atoms with van der Waals surface area (Å²) in [4.78, 5) is 15.7. The Hall–Kier alpha value is -1.38. The van der Waals surface area contributed by atoms with Crippen LogP contribution in [-0.4, -0.2) is 41.9 Å². The van der Waals surface area contributed by atoms with Gasteiger partial charge in [0.05, 0.1) is 6.07 Å². The van der Waals surface area contributed by atoms with Crippen LogP contribution in [0.1, 0.15) is 12.0 Å². The first kappa shape index (κ1) is 14.0. The molecule has 5 heteroatoms. The van der Waals surface area contributed by atoms with Gasteiger partial charge in [-0.1, -0.05) is 28.1 Å². The van der Waals surface area contributed by atoms with E-state index in [1.54, 1.807) is 4.90 Å². The van der Waals surface area contributed by atoms with E-state index in [0.29, 0.717) is 0 Å². The second-order valence-corrected chi connectivity index (χ2v) is 5.53. The van der Waals surface area contributed by atoms with Crippen molar-refractivity contribution in [3.63, 3.8) is 0 Å². The number of nitrogens with zero attached hydrogens (tertiary/aromatic N) is 3. The minimum atomic E-state index is -0.0502. The molecular formula is C14H16BrN3O. The molecule has 1 aromatic rings. The maximum atomic E-state index is 11.6. The molecule has 1 aliphatic heterocycles.